The summed E-state index contributed by atoms with van der Waals surface area (Å²) >= 11 is 0. The highest BCUT2D eigenvalue weighted by Crippen LogP contribution is 2.21. The van der Waals surface area contributed by atoms with Gasteiger partial charge in [-0.15, -0.1) is 0 Å². The van der Waals surface area contributed by atoms with E-state index >= 15 is 0 Å². The molecular weight excluding hydrogens is 324 g/mol. The Morgan fingerprint density at radius 3 is 2.54 bits per heavy atom. The van der Waals surface area contributed by atoms with Gasteiger partial charge in [-0.2, -0.15) is 5.26 Å². The van der Waals surface area contributed by atoms with Crippen molar-refractivity contribution in [2.24, 2.45) is 0 Å². The normalized spacial score (nSPS) is 11.0. The number of hydrogen-bond acceptors (Lipinski definition) is 3. The minimum absolute atomic E-state index is 0.0786. The summed E-state index contributed by atoms with van der Waals surface area (Å²) in [7, 11) is 1.61. The second-order valence-corrected chi connectivity index (χ2v) is 5.77. The second-order valence-electron chi connectivity index (χ2n) is 5.77. The fourth-order valence-corrected chi connectivity index (χ4v) is 2.70. The minimum Gasteiger partial charge on any atom is -0.497 e. The van der Waals surface area contributed by atoms with Crippen LogP contribution in [0.5, 0.6) is 5.75 Å². The third-order valence-corrected chi connectivity index (χ3v) is 4.10. The molecule has 0 aromatic heterocycles. The van der Waals surface area contributed by atoms with E-state index in [1.54, 1.807) is 13.2 Å². The lowest BCUT2D eigenvalue weighted by atomic mass is 10.0. The summed E-state index contributed by atoms with van der Waals surface area (Å²) in [6.07, 6.45) is 1.63. The van der Waals surface area contributed by atoms with Crippen molar-refractivity contribution in [3.63, 3.8) is 0 Å². The van der Waals surface area contributed by atoms with Gasteiger partial charge in [0.2, 0.25) is 0 Å². The van der Waals surface area contributed by atoms with E-state index in [-0.39, 0.29) is 5.57 Å². The van der Waals surface area contributed by atoms with E-state index in [0.29, 0.717) is 6.54 Å². The summed E-state index contributed by atoms with van der Waals surface area (Å²) in [6.45, 7) is 0.345. The summed E-state index contributed by atoms with van der Waals surface area (Å²) in [5.74, 6) is 0.366. The molecule has 0 aliphatic heterocycles. The van der Waals surface area contributed by atoms with Crippen LogP contribution in [0.15, 0.2) is 72.3 Å². The zero-order chi connectivity index (χ0) is 18.4. The van der Waals surface area contributed by atoms with Gasteiger partial charge >= 0.3 is 0 Å². The number of hydrogen-bond donors (Lipinski definition) is 1. The molecule has 0 heterocycles. The van der Waals surface area contributed by atoms with E-state index < -0.39 is 5.91 Å². The average Bonchev–Trinajstić information content (AvgIpc) is 2.70. The zero-order valence-corrected chi connectivity index (χ0v) is 14.4. The van der Waals surface area contributed by atoms with Crippen molar-refractivity contribution in [2.45, 2.75) is 6.54 Å². The Morgan fingerprint density at radius 2 is 1.81 bits per heavy atom. The van der Waals surface area contributed by atoms with Crippen molar-refractivity contribution in [3.05, 3.63) is 83.4 Å². The van der Waals surface area contributed by atoms with Crippen LogP contribution in [0.4, 0.5) is 0 Å². The van der Waals surface area contributed by atoms with Crippen LogP contribution in [0, 0.1) is 11.3 Å². The van der Waals surface area contributed by atoms with E-state index in [1.165, 1.54) is 0 Å². The average molecular weight is 342 g/mol. The van der Waals surface area contributed by atoms with Crippen LogP contribution in [0.1, 0.15) is 11.1 Å². The molecule has 4 heteroatoms. The van der Waals surface area contributed by atoms with Crippen LogP contribution < -0.4 is 10.1 Å². The molecule has 0 radical (unpaired) electrons. The molecule has 0 aliphatic carbocycles. The number of methoxy groups -OCH3 is 1. The second kappa shape index (κ2) is 8.00. The molecule has 1 amide bonds. The van der Waals surface area contributed by atoms with Crippen molar-refractivity contribution in [3.8, 4) is 11.8 Å². The lowest BCUT2D eigenvalue weighted by Gasteiger charge is -2.07. The van der Waals surface area contributed by atoms with E-state index in [0.717, 1.165) is 27.6 Å². The quantitative estimate of drug-likeness (QED) is 0.561. The van der Waals surface area contributed by atoms with E-state index in [1.807, 2.05) is 72.8 Å². The molecule has 0 bridgehead atoms. The van der Waals surface area contributed by atoms with E-state index in [4.69, 9.17) is 4.74 Å². The topological polar surface area (TPSA) is 62.1 Å². The Kier molecular flexibility index (Phi) is 5.31. The lowest BCUT2D eigenvalue weighted by molar-refractivity contribution is -0.117. The number of fused-ring (bicyclic) bond motifs is 1. The number of amides is 1. The molecule has 0 aliphatic rings. The predicted molar refractivity (Wildman–Crippen MR) is 102 cm³/mol. The van der Waals surface area contributed by atoms with Crippen LogP contribution in [-0.4, -0.2) is 13.0 Å². The first-order valence-corrected chi connectivity index (χ1v) is 8.22. The molecule has 3 aromatic carbocycles. The first-order chi connectivity index (χ1) is 12.7. The van der Waals surface area contributed by atoms with E-state index in [9.17, 15) is 10.1 Å². The summed E-state index contributed by atoms with van der Waals surface area (Å²) in [5.41, 5.74) is 1.86. The number of nitrogens with zero attached hydrogens (tertiary/aromatic N) is 1. The molecule has 0 unspecified atom stereocenters. The van der Waals surface area contributed by atoms with Gasteiger partial charge in [0.15, 0.2) is 0 Å². The number of ether oxygens (including phenoxy) is 1. The van der Waals surface area contributed by atoms with Gasteiger partial charge < -0.3 is 10.1 Å². The van der Waals surface area contributed by atoms with Crippen molar-refractivity contribution >= 4 is 22.8 Å². The van der Waals surface area contributed by atoms with Gasteiger partial charge in [-0.1, -0.05) is 54.6 Å². The third-order valence-electron chi connectivity index (χ3n) is 4.10. The third kappa shape index (κ3) is 3.90. The first-order valence-electron chi connectivity index (χ1n) is 8.22. The van der Waals surface area contributed by atoms with E-state index in [2.05, 4.69) is 5.32 Å². The van der Waals surface area contributed by atoms with Crippen molar-refractivity contribution < 1.29 is 9.53 Å². The first kappa shape index (κ1) is 17.2. The maximum absolute atomic E-state index is 12.4. The zero-order valence-electron chi connectivity index (χ0n) is 14.4. The Bertz CT molecular complexity index is 993. The lowest BCUT2D eigenvalue weighted by Crippen LogP contribution is -2.23. The number of benzene rings is 3. The SMILES string of the molecule is COc1ccc(CNC(=O)/C(C#N)=C/c2cccc3ccccc23)cc1. The monoisotopic (exact) mass is 342 g/mol. The number of rotatable bonds is 5. The minimum atomic E-state index is -0.392. The van der Waals surface area contributed by atoms with Crippen LogP contribution in [-0.2, 0) is 11.3 Å². The molecule has 1 N–H and O–H groups in total. The molecule has 0 spiro atoms. The van der Waals surface area contributed by atoms with Crippen LogP contribution in [0.3, 0.4) is 0 Å². The summed E-state index contributed by atoms with van der Waals surface area (Å²) in [6, 6.07) is 23.1. The summed E-state index contributed by atoms with van der Waals surface area (Å²) in [4.78, 5) is 12.4. The molecular formula is C22H18N2O2. The molecule has 26 heavy (non-hydrogen) atoms. The van der Waals surface area contributed by atoms with Crippen LogP contribution >= 0.6 is 0 Å². The van der Waals surface area contributed by atoms with Gasteiger partial charge in [-0.3, -0.25) is 4.79 Å². The molecule has 0 saturated heterocycles. The smallest absolute Gasteiger partial charge is 0.262 e. The van der Waals surface area contributed by atoms with Crippen molar-refractivity contribution in [1.29, 1.82) is 5.26 Å². The van der Waals surface area contributed by atoms with Gasteiger partial charge in [0, 0.05) is 6.54 Å². The van der Waals surface area contributed by atoms with Crippen molar-refractivity contribution in [2.75, 3.05) is 7.11 Å². The summed E-state index contributed by atoms with van der Waals surface area (Å²) in [5, 5.41) is 14.3. The number of carbonyl (C=O) groups excluding carboxylic acids is 1. The Morgan fingerprint density at radius 1 is 1.08 bits per heavy atom. The molecule has 0 fully saturated rings. The predicted octanol–water partition coefficient (Wildman–Crippen LogP) is 4.07. The number of nitriles is 1. The highest BCUT2D eigenvalue weighted by atomic mass is 16.5. The molecule has 4 nitrogen and oxygen atoms in total. The fourth-order valence-electron chi connectivity index (χ4n) is 2.70. The maximum Gasteiger partial charge on any atom is 0.262 e. The van der Waals surface area contributed by atoms with Gasteiger partial charge in [0.25, 0.3) is 5.91 Å². The molecule has 3 aromatic rings. The van der Waals surface area contributed by atoms with Gasteiger partial charge in [0.05, 0.1) is 7.11 Å². The highest BCUT2D eigenvalue weighted by Gasteiger charge is 2.10. The Labute approximate surface area is 152 Å². The molecule has 0 saturated carbocycles. The van der Waals surface area contributed by atoms with Crippen LogP contribution in [0.2, 0.25) is 0 Å². The maximum atomic E-state index is 12.4. The summed E-state index contributed by atoms with van der Waals surface area (Å²) < 4.78 is 5.11. The Balaban J connectivity index is 1.77. The fraction of sp³-hybridized carbons (Fsp3) is 0.0909. The highest BCUT2D eigenvalue weighted by molar-refractivity contribution is 6.04. The Hall–Kier alpha value is -3.58. The van der Waals surface area contributed by atoms with Crippen LogP contribution in [0.25, 0.3) is 16.8 Å². The number of carbonyl (C=O) groups is 1. The van der Waals surface area contributed by atoms with Crippen molar-refractivity contribution in [1.82, 2.24) is 5.32 Å². The standard InChI is InChI=1S/C22H18N2O2/c1-26-20-11-9-16(10-12-20)15-24-22(25)19(14-23)13-18-7-4-6-17-5-2-3-8-21(17)18/h2-13H,15H2,1H3,(H,24,25)/b19-13+. The molecule has 128 valence electrons. The van der Waals surface area contributed by atoms with Gasteiger partial charge in [-0.05, 0) is 40.1 Å². The number of nitrogens with one attached hydrogen (secondary N) is 1. The molecule has 0 atom stereocenters. The molecule has 3 rings (SSSR count). The van der Waals surface area contributed by atoms with Gasteiger partial charge in [-0.25, -0.2) is 0 Å². The van der Waals surface area contributed by atoms with Gasteiger partial charge in [0.1, 0.15) is 17.4 Å². The largest absolute Gasteiger partial charge is 0.497 e.